The van der Waals surface area contributed by atoms with Gasteiger partial charge in [0.05, 0.1) is 12.6 Å². The Bertz CT molecular complexity index is 540. The van der Waals surface area contributed by atoms with Gasteiger partial charge in [-0.2, -0.15) is 0 Å². The van der Waals surface area contributed by atoms with Gasteiger partial charge in [0.2, 0.25) is 0 Å². The summed E-state index contributed by atoms with van der Waals surface area (Å²) >= 11 is 0. The van der Waals surface area contributed by atoms with E-state index in [1.54, 1.807) is 4.90 Å². The van der Waals surface area contributed by atoms with Gasteiger partial charge in [0.1, 0.15) is 0 Å². The van der Waals surface area contributed by atoms with Gasteiger partial charge in [0.15, 0.2) is 0 Å². The second kappa shape index (κ2) is 5.68. The first-order valence-corrected chi connectivity index (χ1v) is 7.87. The molecule has 1 aromatic rings. The molecule has 1 saturated carbocycles. The molecule has 2 atom stereocenters. The van der Waals surface area contributed by atoms with Crippen LogP contribution in [0.5, 0.6) is 0 Å². The van der Waals surface area contributed by atoms with Crippen LogP contribution in [0.3, 0.4) is 0 Å². The second-order valence-corrected chi connectivity index (χ2v) is 6.46. The number of urea groups is 1. The molecule has 21 heavy (non-hydrogen) atoms. The van der Waals surface area contributed by atoms with Crippen LogP contribution in [0, 0.1) is 12.8 Å². The number of amides is 2. The van der Waals surface area contributed by atoms with Crippen molar-refractivity contribution in [3.05, 3.63) is 34.9 Å². The van der Waals surface area contributed by atoms with Gasteiger partial charge in [-0.25, -0.2) is 4.79 Å². The van der Waals surface area contributed by atoms with Crippen LogP contribution in [0.4, 0.5) is 4.79 Å². The normalized spacial score (nSPS) is 23.8. The van der Waals surface area contributed by atoms with Crippen molar-refractivity contribution >= 4 is 6.03 Å². The van der Waals surface area contributed by atoms with Crippen molar-refractivity contribution < 1.29 is 9.90 Å². The molecule has 114 valence electrons. The summed E-state index contributed by atoms with van der Waals surface area (Å²) in [6.45, 7) is 4.73. The zero-order valence-corrected chi connectivity index (χ0v) is 12.8. The van der Waals surface area contributed by atoms with Crippen molar-refractivity contribution in [2.75, 3.05) is 13.2 Å². The molecule has 0 spiro atoms. The number of aryl methyl sites for hydroxylation is 1. The summed E-state index contributed by atoms with van der Waals surface area (Å²) < 4.78 is 0. The Morgan fingerprint density at radius 2 is 2.19 bits per heavy atom. The lowest BCUT2D eigenvalue weighted by Gasteiger charge is -2.26. The third-order valence-electron chi connectivity index (χ3n) is 4.62. The molecule has 0 aliphatic heterocycles. The van der Waals surface area contributed by atoms with Crippen LogP contribution < -0.4 is 5.32 Å². The van der Waals surface area contributed by atoms with E-state index >= 15 is 0 Å². The smallest absolute Gasteiger partial charge is 0.318 e. The van der Waals surface area contributed by atoms with Crippen molar-refractivity contribution in [2.45, 2.75) is 45.2 Å². The minimum Gasteiger partial charge on any atom is -0.395 e. The summed E-state index contributed by atoms with van der Waals surface area (Å²) in [5.74, 6) is 0.418. The standard InChI is InChI=1S/C17H24N2O2/c1-11-3-4-13-10-12(2)16(15(13)9-11)18-17(21)19(7-8-20)14-5-6-14/h3-4,9,12,14,16,20H,5-8,10H2,1-2H3,(H,18,21). The Labute approximate surface area is 126 Å². The number of hydrogen-bond acceptors (Lipinski definition) is 2. The number of aliphatic hydroxyl groups is 1. The van der Waals surface area contributed by atoms with Gasteiger partial charge in [-0.15, -0.1) is 0 Å². The average molecular weight is 288 g/mol. The Kier molecular flexibility index (Phi) is 3.89. The number of hydrogen-bond donors (Lipinski definition) is 2. The van der Waals surface area contributed by atoms with Crippen molar-refractivity contribution in [3.8, 4) is 0 Å². The number of nitrogens with zero attached hydrogens (tertiary/aromatic N) is 1. The van der Waals surface area contributed by atoms with Gasteiger partial charge in [-0.1, -0.05) is 30.7 Å². The molecular formula is C17H24N2O2. The quantitative estimate of drug-likeness (QED) is 0.894. The van der Waals surface area contributed by atoms with Crippen LogP contribution in [0.25, 0.3) is 0 Å². The third kappa shape index (κ3) is 2.91. The monoisotopic (exact) mass is 288 g/mol. The van der Waals surface area contributed by atoms with E-state index in [2.05, 4.69) is 37.4 Å². The van der Waals surface area contributed by atoms with Crippen molar-refractivity contribution in [1.82, 2.24) is 10.2 Å². The predicted molar refractivity (Wildman–Crippen MR) is 82.1 cm³/mol. The molecule has 2 unspecified atom stereocenters. The van der Waals surface area contributed by atoms with Gasteiger partial charge >= 0.3 is 6.03 Å². The van der Waals surface area contributed by atoms with E-state index in [4.69, 9.17) is 5.11 Å². The summed E-state index contributed by atoms with van der Waals surface area (Å²) in [6, 6.07) is 6.89. The zero-order chi connectivity index (χ0) is 15.0. The number of carbonyl (C=O) groups excluding carboxylic acids is 1. The van der Waals surface area contributed by atoms with Crippen molar-refractivity contribution in [1.29, 1.82) is 0 Å². The fourth-order valence-corrected chi connectivity index (χ4v) is 3.34. The number of benzene rings is 1. The molecule has 2 N–H and O–H groups in total. The Morgan fingerprint density at radius 3 is 2.86 bits per heavy atom. The Balaban J connectivity index is 1.75. The summed E-state index contributed by atoms with van der Waals surface area (Å²) in [5, 5.41) is 12.3. The molecule has 2 amide bonds. The van der Waals surface area contributed by atoms with E-state index in [1.165, 1.54) is 16.7 Å². The topological polar surface area (TPSA) is 52.6 Å². The minimum absolute atomic E-state index is 0.0276. The summed E-state index contributed by atoms with van der Waals surface area (Å²) in [4.78, 5) is 14.3. The number of fused-ring (bicyclic) bond motifs is 1. The van der Waals surface area contributed by atoms with E-state index in [9.17, 15) is 4.79 Å². The van der Waals surface area contributed by atoms with Crippen LogP contribution in [0.2, 0.25) is 0 Å². The largest absolute Gasteiger partial charge is 0.395 e. The fraction of sp³-hybridized carbons (Fsp3) is 0.588. The number of aliphatic hydroxyl groups excluding tert-OH is 1. The molecule has 0 saturated heterocycles. The highest BCUT2D eigenvalue weighted by atomic mass is 16.3. The van der Waals surface area contributed by atoms with E-state index in [0.29, 0.717) is 18.5 Å². The number of carbonyl (C=O) groups is 1. The maximum atomic E-state index is 12.5. The first-order valence-electron chi connectivity index (χ1n) is 7.87. The van der Waals surface area contributed by atoms with Crippen molar-refractivity contribution in [2.24, 2.45) is 5.92 Å². The molecule has 0 radical (unpaired) electrons. The van der Waals surface area contributed by atoms with Gasteiger partial charge < -0.3 is 15.3 Å². The van der Waals surface area contributed by atoms with Crippen LogP contribution in [-0.2, 0) is 6.42 Å². The van der Waals surface area contributed by atoms with Crippen LogP contribution in [0.15, 0.2) is 18.2 Å². The Hall–Kier alpha value is -1.55. The summed E-state index contributed by atoms with van der Waals surface area (Å²) in [5.41, 5.74) is 3.84. The maximum absolute atomic E-state index is 12.5. The van der Waals surface area contributed by atoms with E-state index in [0.717, 1.165) is 19.3 Å². The molecule has 0 bridgehead atoms. The number of rotatable bonds is 4. The maximum Gasteiger partial charge on any atom is 0.318 e. The molecule has 0 aromatic heterocycles. The molecule has 0 heterocycles. The minimum atomic E-state index is -0.0299. The second-order valence-electron chi connectivity index (χ2n) is 6.46. The molecule has 3 rings (SSSR count). The highest BCUT2D eigenvalue weighted by Crippen LogP contribution is 2.37. The predicted octanol–water partition coefficient (Wildman–Crippen LogP) is 2.39. The van der Waals surface area contributed by atoms with Gasteiger partial charge in [0.25, 0.3) is 0 Å². The SMILES string of the molecule is Cc1ccc2c(c1)C(NC(=O)N(CCO)C1CC1)C(C)C2. The first kappa shape index (κ1) is 14.4. The molecular weight excluding hydrogens is 264 g/mol. The van der Waals surface area contributed by atoms with Gasteiger partial charge in [0, 0.05) is 12.6 Å². The first-order chi connectivity index (χ1) is 10.1. The lowest BCUT2D eigenvalue weighted by atomic mass is 10.0. The average Bonchev–Trinajstić information content (AvgIpc) is 3.24. The highest BCUT2D eigenvalue weighted by Gasteiger charge is 2.36. The number of nitrogens with one attached hydrogen (secondary N) is 1. The molecule has 2 aliphatic carbocycles. The van der Waals surface area contributed by atoms with Crippen LogP contribution >= 0.6 is 0 Å². The third-order valence-corrected chi connectivity index (χ3v) is 4.62. The van der Waals surface area contributed by atoms with E-state index in [1.807, 2.05) is 0 Å². The van der Waals surface area contributed by atoms with Gasteiger partial charge in [-0.3, -0.25) is 0 Å². The van der Waals surface area contributed by atoms with E-state index < -0.39 is 0 Å². The lowest BCUT2D eigenvalue weighted by molar-refractivity contribution is 0.168. The van der Waals surface area contributed by atoms with Crippen molar-refractivity contribution in [3.63, 3.8) is 0 Å². The van der Waals surface area contributed by atoms with Crippen LogP contribution in [-0.4, -0.2) is 35.2 Å². The van der Waals surface area contributed by atoms with E-state index in [-0.39, 0.29) is 18.7 Å². The fourth-order valence-electron chi connectivity index (χ4n) is 3.34. The molecule has 4 nitrogen and oxygen atoms in total. The molecule has 4 heteroatoms. The highest BCUT2D eigenvalue weighted by molar-refractivity contribution is 5.75. The summed E-state index contributed by atoms with van der Waals surface area (Å²) in [7, 11) is 0. The zero-order valence-electron chi connectivity index (χ0n) is 12.8. The lowest BCUT2D eigenvalue weighted by Crippen LogP contribution is -2.44. The Morgan fingerprint density at radius 1 is 1.43 bits per heavy atom. The van der Waals surface area contributed by atoms with Gasteiger partial charge in [-0.05, 0) is 43.2 Å². The van der Waals surface area contributed by atoms with Crippen LogP contribution in [0.1, 0.15) is 42.5 Å². The molecule has 2 aliphatic rings. The summed E-state index contributed by atoms with van der Waals surface area (Å²) in [6.07, 6.45) is 3.14. The molecule has 1 aromatic carbocycles. The molecule has 1 fully saturated rings.